The molecule has 156 valence electrons. The van der Waals surface area contributed by atoms with Crippen LogP contribution >= 0.6 is 24.0 Å². The Labute approximate surface area is 183 Å². The summed E-state index contributed by atoms with van der Waals surface area (Å²) in [6.45, 7) is 10.2. The van der Waals surface area contributed by atoms with E-state index in [9.17, 15) is 0 Å². The molecule has 0 heterocycles. The van der Waals surface area contributed by atoms with Gasteiger partial charge in [-0.15, -0.1) is 24.0 Å². The van der Waals surface area contributed by atoms with Crippen LogP contribution in [0.4, 0.5) is 0 Å². The summed E-state index contributed by atoms with van der Waals surface area (Å²) < 4.78 is 5.89. The Morgan fingerprint density at radius 3 is 2.26 bits per heavy atom. The predicted octanol–water partition coefficient (Wildman–Crippen LogP) is 4.06. The van der Waals surface area contributed by atoms with E-state index < -0.39 is 0 Å². The fourth-order valence-corrected chi connectivity index (χ4v) is 2.53. The number of benzene rings is 1. The fraction of sp³-hybridized carbons (Fsp3) is 0.667. The first-order valence-corrected chi connectivity index (χ1v) is 9.86. The second kappa shape index (κ2) is 16.1. The molecule has 1 aromatic rings. The third kappa shape index (κ3) is 12.3. The molecular weight excluding hydrogens is 451 g/mol. The highest BCUT2D eigenvalue weighted by Crippen LogP contribution is 2.15. The average Bonchev–Trinajstić information content (AvgIpc) is 2.66. The number of nitrogens with one attached hydrogen (secondary N) is 2. The number of ether oxygens (including phenoxy) is 1. The van der Waals surface area contributed by atoms with Crippen molar-refractivity contribution in [2.45, 2.75) is 52.2 Å². The Morgan fingerprint density at radius 2 is 1.67 bits per heavy atom. The summed E-state index contributed by atoms with van der Waals surface area (Å²) in [5.74, 6) is 0.873. The predicted molar refractivity (Wildman–Crippen MR) is 127 cm³/mol. The molecule has 0 amide bonds. The molecule has 0 aromatic heterocycles. The van der Waals surface area contributed by atoms with E-state index in [0.717, 1.165) is 45.0 Å². The van der Waals surface area contributed by atoms with Crippen molar-refractivity contribution < 1.29 is 4.74 Å². The summed E-state index contributed by atoms with van der Waals surface area (Å²) in [4.78, 5) is 6.65. The third-order valence-electron chi connectivity index (χ3n) is 4.59. The lowest BCUT2D eigenvalue weighted by molar-refractivity contribution is 0.0646. The minimum absolute atomic E-state index is 0. The average molecular weight is 490 g/mol. The van der Waals surface area contributed by atoms with Gasteiger partial charge in [-0.1, -0.05) is 30.3 Å². The van der Waals surface area contributed by atoms with Gasteiger partial charge in [0.2, 0.25) is 0 Å². The number of rotatable bonds is 12. The maximum atomic E-state index is 5.89. The van der Waals surface area contributed by atoms with Crippen molar-refractivity contribution in [3.63, 3.8) is 0 Å². The van der Waals surface area contributed by atoms with Crippen LogP contribution in [0.2, 0.25) is 0 Å². The summed E-state index contributed by atoms with van der Waals surface area (Å²) in [5.41, 5.74) is 1.22. The number of unbranched alkanes of at least 4 members (excludes halogenated alkanes) is 1. The Bertz CT molecular complexity index is 496. The van der Waals surface area contributed by atoms with E-state index in [1.54, 1.807) is 0 Å². The molecule has 0 fully saturated rings. The topological polar surface area (TPSA) is 48.9 Å². The van der Waals surface area contributed by atoms with E-state index in [2.05, 4.69) is 60.5 Å². The molecule has 1 unspecified atom stereocenters. The molecule has 0 aliphatic carbocycles. The van der Waals surface area contributed by atoms with Gasteiger partial charge >= 0.3 is 0 Å². The van der Waals surface area contributed by atoms with Crippen molar-refractivity contribution in [3.8, 4) is 0 Å². The lowest BCUT2D eigenvalue weighted by Gasteiger charge is -2.20. The van der Waals surface area contributed by atoms with Crippen molar-refractivity contribution in [3.05, 3.63) is 35.9 Å². The largest absolute Gasteiger partial charge is 0.374 e. The molecule has 27 heavy (non-hydrogen) atoms. The second-order valence-electron chi connectivity index (χ2n) is 6.98. The van der Waals surface area contributed by atoms with E-state index in [1.165, 1.54) is 12.0 Å². The van der Waals surface area contributed by atoms with Gasteiger partial charge in [0.15, 0.2) is 5.96 Å². The van der Waals surface area contributed by atoms with Crippen LogP contribution < -0.4 is 10.6 Å². The Balaban J connectivity index is 0.00000676. The standard InChI is InChI=1S/C21H38N4O.HI/c1-18(2)25(5)16-10-9-14-23-21(22-4)24-15-11-17-26-19(3)20-12-7-6-8-13-20;/h6-8,12-13,18-19H,9-11,14-17H2,1-5H3,(H2,22,23,24);1H. The Hall–Kier alpha value is -0.860. The highest BCUT2D eigenvalue weighted by Gasteiger charge is 2.05. The number of halogens is 1. The number of nitrogens with zero attached hydrogens (tertiary/aromatic N) is 2. The van der Waals surface area contributed by atoms with Gasteiger partial charge in [-0.2, -0.15) is 0 Å². The maximum Gasteiger partial charge on any atom is 0.190 e. The third-order valence-corrected chi connectivity index (χ3v) is 4.59. The van der Waals surface area contributed by atoms with E-state index in [4.69, 9.17) is 4.74 Å². The molecular formula is C21H39IN4O. The van der Waals surface area contributed by atoms with Crippen LogP contribution in [-0.2, 0) is 4.74 Å². The first kappa shape index (κ1) is 26.1. The van der Waals surface area contributed by atoms with Crippen LogP contribution in [0, 0.1) is 0 Å². The van der Waals surface area contributed by atoms with Gasteiger partial charge in [0, 0.05) is 32.8 Å². The minimum Gasteiger partial charge on any atom is -0.374 e. The molecule has 1 atom stereocenters. The Kier molecular flexibility index (Phi) is 15.6. The number of aliphatic imine (C=N–C) groups is 1. The summed E-state index contributed by atoms with van der Waals surface area (Å²) in [5, 5.41) is 6.73. The summed E-state index contributed by atoms with van der Waals surface area (Å²) >= 11 is 0. The molecule has 1 rings (SSSR count). The molecule has 0 bridgehead atoms. The molecule has 0 aliphatic rings. The molecule has 2 N–H and O–H groups in total. The zero-order valence-corrected chi connectivity index (χ0v) is 20.0. The normalized spacial score (nSPS) is 12.8. The molecule has 6 heteroatoms. The molecule has 1 aromatic carbocycles. The van der Waals surface area contributed by atoms with Gasteiger partial charge in [-0.3, -0.25) is 4.99 Å². The van der Waals surface area contributed by atoms with Crippen LogP contribution in [0.15, 0.2) is 35.3 Å². The quantitative estimate of drug-likeness (QED) is 0.201. The van der Waals surface area contributed by atoms with Crippen LogP contribution in [-0.4, -0.2) is 57.2 Å². The highest BCUT2D eigenvalue weighted by molar-refractivity contribution is 14.0. The van der Waals surface area contributed by atoms with Gasteiger partial charge in [-0.25, -0.2) is 0 Å². The van der Waals surface area contributed by atoms with Gasteiger partial charge in [-0.05, 0) is 59.2 Å². The minimum atomic E-state index is 0. The van der Waals surface area contributed by atoms with E-state index >= 15 is 0 Å². The lowest BCUT2D eigenvalue weighted by Crippen LogP contribution is -2.38. The molecule has 0 saturated carbocycles. The number of guanidine groups is 1. The van der Waals surface area contributed by atoms with Crippen molar-refractivity contribution >= 4 is 29.9 Å². The summed E-state index contributed by atoms with van der Waals surface area (Å²) in [6.07, 6.45) is 3.44. The summed E-state index contributed by atoms with van der Waals surface area (Å²) in [6, 6.07) is 11.0. The molecule has 0 spiro atoms. The van der Waals surface area contributed by atoms with Crippen LogP contribution in [0.25, 0.3) is 0 Å². The molecule has 0 aliphatic heterocycles. The van der Waals surface area contributed by atoms with Gasteiger partial charge < -0.3 is 20.3 Å². The van der Waals surface area contributed by atoms with E-state index in [-0.39, 0.29) is 30.1 Å². The van der Waals surface area contributed by atoms with E-state index in [0.29, 0.717) is 6.04 Å². The lowest BCUT2D eigenvalue weighted by atomic mass is 10.1. The fourth-order valence-electron chi connectivity index (χ4n) is 2.53. The highest BCUT2D eigenvalue weighted by atomic mass is 127. The first-order chi connectivity index (χ1) is 12.5. The maximum absolute atomic E-state index is 5.89. The van der Waals surface area contributed by atoms with Gasteiger partial charge in [0.05, 0.1) is 6.10 Å². The molecule has 0 saturated heterocycles. The first-order valence-electron chi connectivity index (χ1n) is 9.86. The molecule has 5 nitrogen and oxygen atoms in total. The zero-order chi connectivity index (χ0) is 19.2. The van der Waals surface area contributed by atoms with Crippen LogP contribution in [0.3, 0.4) is 0 Å². The van der Waals surface area contributed by atoms with Gasteiger partial charge in [0.25, 0.3) is 0 Å². The Morgan fingerprint density at radius 1 is 1.04 bits per heavy atom. The van der Waals surface area contributed by atoms with Crippen molar-refractivity contribution in [1.82, 2.24) is 15.5 Å². The number of hydrogen-bond acceptors (Lipinski definition) is 3. The van der Waals surface area contributed by atoms with Gasteiger partial charge in [0.1, 0.15) is 0 Å². The van der Waals surface area contributed by atoms with Crippen molar-refractivity contribution in [1.29, 1.82) is 0 Å². The van der Waals surface area contributed by atoms with Crippen molar-refractivity contribution in [2.24, 2.45) is 4.99 Å². The van der Waals surface area contributed by atoms with Crippen molar-refractivity contribution in [2.75, 3.05) is 40.3 Å². The summed E-state index contributed by atoms with van der Waals surface area (Å²) in [7, 11) is 4.00. The van der Waals surface area contributed by atoms with Crippen LogP contribution in [0.1, 0.15) is 51.7 Å². The SMILES string of the molecule is CN=C(NCCCCN(C)C(C)C)NCCCOC(C)c1ccccc1.I. The molecule has 0 radical (unpaired) electrons. The van der Waals surface area contributed by atoms with Crippen LogP contribution in [0.5, 0.6) is 0 Å². The zero-order valence-electron chi connectivity index (χ0n) is 17.7. The number of hydrogen-bond donors (Lipinski definition) is 2. The smallest absolute Gasteiger partial charge is 0.190 e. The monoisotopic (exact) mass is 490 g/mol. The second-order valence-corrected chi connectivity index (χ2v) is 6.98. The van der Waals surface area contributed by atoms with E-state index in [1.807, 2.05) is 25.2 Å².